The first-order valence-electron chi connectivity index (χ1n) is 8.60. The smallest absolute Gasteiger partial charge is 0.261 e. The van der Waals surface area contributed by atoms with E-state index < -0.39 is 10.0 Å². The quantitative estimate of drug-likeness (QED) is 0.496. The van der Waals surface area contributed by atoms with E-state index in [-0.39, 0.29) is 11.3 Å². The van der Waals surface area contributed by atoms with Crippen LogP contribution in [0, 0.1) is 0 Å². The zero-order valence-corrected chi connectivity index (χ0v) is 16.6. The van der Waals surface area contributed by atoms with Crippen molar-refractivity contribution in [2.45, 2.75) is 11.3 Å². The molecule has 4 rings (SSSR count). The fourth-order valence-electron chi connectivity index (χ4n) is 2.72. The van der Waals surface area contributed by atoms with Gasteiger partial charge in [-0.1, -0.05) is 41.0 Å². The minimum Gasteiger partial charge on any atom is -0.339 e. The molecule has 7 nitrogen and oxygen atoms in total. The monoisotopic (exact) mass is 426 g/mol. The number of benzene rings is 2. The number of pyridine rings is 1. The standard InChI is InChI=1S/C20H15ClN4O3S/c21-16-5-3-6-17(13-16)29(26,27)25-18-7-2-1-4-15(18)12-19-23-20(24-28-19)14-8-10-22-11-9-14/h1-11,13,25H,12H2. The molecule has 0 aliphatic heterocycles. The van der Waals surface area contributed by atoms with Crippen LogP contribution < -0.4 is 4.72 Å². The zero-order chi connectivity index (χ0) is 20.3. The molecule has 9 heteroatoms. The van der Waals surface area contributed by atoms with Gasteiger partial charge in [0.1, 0.15) is 0 Å². The van der Waals surface area contributed by atoms with Gasteiger partial charge in [-0.25, -0.2) is 8.42 Å². The SMILES string of the molecule is O=S(=O)(Nc1ccccc1Cc1nc(-c2ccncc2)no1)c1cccc(Cl)c1. The maximum Gasteiger partial charge on any atom is 0.261 e. The van der Waals surface area contributed by atoms with Crippen molar-refractivity contribution in [1.29, 1.82) is 0 Å². The molecule has 0 radical (unpaired) electrons. The molecule has 0 bridgehead atoms. The van der Waals surface area contributed by atoms with E-state index in [4.69, 9.17) is 16.1 Å². The van der Waals surface area contributed by atoms with Gasteiger partial charge in [0.05, 0.1) is 17.0 Å². The van der Waals surface area contributed by atoms with Crippen LogP contribution in [0.15, 0.2) is 82.5 Å². The van der Waals surface area contributed by atoms with E-state index in [0.717, 1.165) is 5.56 Å². The summed E-state index contributed by atoms with van der Waals surface area (Å²) in [5.41, 5.74) is 1.91. The molecule has 0 atom stereocenters. The average Bonchev–Trinajstić information content (AvgIpc) is 3.19. The first kappa shape index (κ1) is 19.1. The van der Waals surface area contributed by atoms with Crippen molar-refractivity contribution >= 4 is 27.3 Å². The molecule has 0 fully saturated rings. The molecule has 4 aromatic rings. The van der Waals surface area contributed by atoms with E-state index >= 15 is 0 Å². The Labute approximate surface area is 172 Å². The Morgan fingerprint density at radius 1 is 1.00 bits per heavy atom. The van der Waals surface area contributed by atoms with Gasteiger partial charge in [0.15, 0.2) is 0 Å². The van der Waals surface area contributed by atoms with Crippen LogP contribution in [0.25, 0.3) is 11.4 Å². The maximum atomic E-state index is 12.7. The second kappa shape index (κ2) is 8.02. The Morgan fingerprint density at radius 2 is 1.79 bits per heavy atom. The summed E-state index contributed by atoms with van der Waals surface area (Å²) in [5.74, 6) is 0.811. The van der Waals surface area contributed by atoms with Gasteiger partial charge < -0.3 is 4.52 Å². The van der Waals surface area contributed by atoms with Crippen LogP contribution >= 0.6 is 11.6 Å². The molecule has 0 saturated carbocycles. The van der Waals surface area contributed by atoms with Gasteiger partial charge in [-0.15, -0.1) is 0 Å². The van der Waals surface area contributed by atoms with E-state index in [2.05, 4.69) is 19.8 Å². The van der Waals surface area contributed by atoms with Gasteiger partial charge in [-0.3, -0.25) is 9.71 Å². The molecule has 2 heterocycles. The molecule has 0 aliphatic rings. The number of sulfonamides is 1. The Bertz CT molecular complexity index is 1240. The Balaban J connectivity index is 1.59. The molecule has 146 valence electrons. The van der Waals surface area contributed by atoms with Crippen LogP contribution in [-0.2, 0) is 16.4 Å². The van der Waals surface area contributed by atoms with Crippen molar-refractivity contribution in [3.8, 4) is 11.4 Å². The second-order valence-electron chi connectivity index (χ2n) is 6.14. The van der Waals surface area contributed by atoms with Crippen LogP contribution in [0.5, 0.6) is 0 Å². The third-order valence-corrected chi connectivity index (χ3v) is 5.71. The van der Waals surface area contributed by atoms with Crippen molar-refractivity contribution in [3.05, 3.63) is 89.5 Å². The van der Waals surface area contributed by atoms with Gasteiger partial charge in [-0.05, 0) is 42.0 Å². The number of nitrogens with one attached hydrogen (secondary N) is 1. The lowest BCUT2D eigenvalue weighted by atomic mass is 10.1. The lowest BCUT2D eigenvalue weighted by molar-refractivity contribution is 0.386. The third-order valence-electron chi connectivity index (χ3n) is 4.12. The molecular weight excluding hydrogens is 412 g/mol. The van der Waals surface area contributed by atoms with Crippen LogP contribution in [-0.4, -0.2) is 23.5 Å². The van der Waals surface area contributed by atoms with Crippen LogP contribution in [0.3, 0.4) is 0 Å². The number of nitrogens with zero attached hydrogens (tertiary/aromatic N) is 3. The summed E-state index contributed by atoms with van der Waals surface area (Å²) in [5, 5.41) is 4.32. The minimum atomic E-state index is -3.80. The summed E-state index contributed by atoms with van der Waals surface area (Å²) in [6.07, 6.45) is 3.56. The summed E-state index contributed by atoms with van der Waals surface area (Å²) < 4.78 is 33.4. The van der Waals surface area contributed by atoms with Crippen LogP contribution in [0.1, 0.15) is 11.5 Å². The highest BCUT2D eigenvalue weighted by atomic mass is 35.5. The normalized spacial score (nSPS) is 11.3. The Morgan fingerprint density at radius 3 is 2.59 bits per heavy atom. The molecule has 2 aromatic heterocycles. The number of anilines is 1. The number of para-hydroxylation sites is 1. The number of halogens is 1. The fourth-order valence-corrected chi connectivity index (χ4v) is 4.12. The largest absolute Gasteiger partial charge is 0.339 e. The highest BCUT2D eigenvalue weighted by molar-refractivity contribution is 7.92. The first-order chi connectivity index (χ1) is 14.0. The molecule has 0 saturated heterocycles. The van der Waals surface area contributed by atoms with E-state index in [0.29, 0.717) is 28.0 Å². The predicted molar refractivity (Wildman–Crippen MR) is 109 cm³/mol. The van der Waals surface area contributed by atoms with Crippen molar-refractivity contribution in [1.82, 2.24) is 15.1 Å². The summed E-state index contributed by atoms with van der Waals surface area (Å²) in [6, 6.07) is 16.7. The Kier molecular flexibility index (Phi) is 5.28. The summed E-state index contributed by atoms with van der Waals surface area (Å²) in [4.78, 5) is 8.43. The van der Waals surface area contributed by atoms with Crippen molar-refractivity contribution in [2.24, 2.45) is 0 Å². The van der Waals surface area contributed by atoms with Crippen LogP contribution in [0.2, 0.25) is 5.02 Å². The fraction of sp³-hybridized carbons (Fsp3) is 0.0500. The van der Waals surface area contributed by atoms with Crippen LogP contribution in [0.4, 0.5) is 5.69 Å². The molecule has 1 N–H and O–H groups in total. The molecule has 0 spiro atoms. The Hall–Kier alpha value is -3.23. The van der Waals surface area contributed by atoms with Crippen molar-refractivity contribution in [2.75, 3.05) is 4.72 Å². The summed E-state index contributed by atoms with van der Waals surface area (Å²) in [6.45, 7) is 0. The van der Waals surface area contributed by atoms with Gasteiger partial charge >= 0.3 is 0 Å². The molecule has 0 unspecified atom stereocenters. The van der Waals surface area contributed by atoms with Gasteiger partial charge in [-0.2, -0.15) is 4.98 Å². The lowest BCUT2D eigenvalue weighted by Crippen LogP contribution is -2.14. The lowest BCUT2D eigenvalue weighted by Gasteiger charge is -2.12. The average molecular weight is 427 g/mol. The number of hydrogen-bond donors (Lipinski definition) is 1. The molecule has 0 amide bonds. The molecule has 29 heavy (non-hydrogen) atoms. The van der Waals surface area contributed by atoms with Crippen molar-refractivity contribution in [3.63, 3.8) is 0 Å². The van der Waals surface area contributed by atoms with Gasteiger partial charge in [0, 0.05) is 23.0 Å². The maximum absolute atomic E-state index is 12.7. The van der Waals surface area contributed by atoms with Gasteiger partial charge in [0.2, 0.25) is 11.7 Å². The topological polar surface area (TPSA) is 98.0 Å². The summed E-state index contributed by atoms with van der Waals surface area (Å²) >= 11 is 5.92. The number of rotatable bonds is 6. The molecule has 2 aromatic carbocycles. The predicted octanol–water partition coefficient (Wildman–Crippen LogP) is 4.18. The van der Waals surface area contributed by atoms with E-state index in [9.17, 15) is 8.42 Å². The third kappa shape index (κ3) is 4.44. The van der Waals surface area contributed by atoms with Crippen molar-refractivity contribution < 1.29 is 12.9 Å². The highest BCUT2D eigenvalue weighted by Gasteiger charge is 2.18. The first-order valence-corrected chi connectivity index (χ1v) is 10.5. The minimum absolute atomic E-state index is 0.0811. The molecular formula is C20H15ClN4O3S. The zero-order valence-electron chi connectivity index (χ0n) is 15.0. The van der Waals surface area contributed by atoms with E-state index in [1.165, 1.54) is 12.1 Å². The van der Waals surface area contributed by atoms with E-state index in [1.807, 2.05) is 6.07 Å². The van der Waals surface area contributed by atoms with E-state index in [1.54, 1.807) is 54.9 Å². The second-order valence-corrected chi connectivity index (χ2v) is 8.26. The highest BCUT2D eigenvalue weighted by Crippen LogP contribution is 2.24. The molecule has 0 aliphatic carbocycles. The number of hydrogen-bond acceptors (Lipinski definition) is 6. The van der Waals surface area contributed by atoms with Gasteiger partial charge in [0.25, 0.3) is 10.0 Å². The summed E-state index contributed by atoms with van der Waals surface area (Å²) in [7, 11) is -3.80. The number of aromatic nitrogens is 3.